The summed E-state index contributed by atoms with van der Waals surface area (Å²) in [4.78, 5) is 14.8. The lowest BCUT2D eigenvalue weighted by molar-refractivity contribution is -0.137. The van der Waals surface area contributed by atoms with Gasteiger partial charge in [0.05, 0.1) is 16.8 Å². The highest BCUT2D eigenvalue weighted by Crippen LogP contribution is 2.29. The number of hydrogen-bond donors (Lipinski definition) is 2. The van der Waals surface area contributed by atoms with Gasteiger partial charge in [-0.25, -0.2) is 8.78 Å². The summed E-state index contributed by atoms with van der Waals surface area (Å²) in [5.41, 5.74) is -0.408. The van der Waals surface area contributed by atoms with Gasteiger partial charge >= 0.3 is 6.18 Å². The van der Waals surface area contributed by atoms with E-state index in [4.69, 9.17) is 0 Å². The summed E-state index contributed by atoms with van der Waals surface area (Å²) in [6.45, 7) is 0. The molecule has 0 unspecified atom stereocenters. The molecule has 3 nitrogen and oxygen atoms in total. The predicted octanol–water partition coefficient (Wildman–Crippen LogP) is 4.72. The standard InChI is InChI=1S/C16H9F5N2O/c17-11-5-10-13(6-12(11)18)22-7-14(10)23-15(24)8-1-3-9(4-2-8)16(19,20)21/h1-7,22H,(H,23,24). The Morgan fingerprint density at radius 1 is 1.00 bits per heavy atom. The Balaban J connectivity index is 1.86. The summed E-state index contributed by atoms with van der Waals surface area (Å²) < 4.78 is 64.0. The van der Waals surface area contributed by atoms with Gasteiger partial charge in [-0.1, -0.05) is 0 Å². The van der Waals surface area contributed by atoms with Crippen LogP contribution in [0, 0.1) is 11.6 Å². The average molecular weight is 340 g/mol. The maximum Gasteiger partial charge on any atom is 0.416 e. The summed E-state index contributed by atoms with van der Waals surface area (Å²) in [6, 6.07) is 5.51. The van der Waals surface area contributed by atoms with Gasteiger partial charge in [0, 0.05) is 23.2 Å². The van der Waals surface area contributed by atoms with E-state index < -0.39 is 29.3 Å². The van der Waals surface area contributed by atoms with Crippen molar-refractivity contribution in [1.82, 2.24) is 4.98 Å². The lowest BCUT2D eigenvalue weighted by Gasteiger charge is -2.08. The molecule has 2 N–H and O–H groups in total. The van der Waals surface area contributed by atoms with Gasteiger partial charge in [-0.2, -0.15) is 13.2 Å². The van der Waals surface area contributed by atoms with Crippen LogP contribution in [0.2, 0.25) is 0 Å². The predicted molar refractivity (Wildman–Crippen MR) is 77.6 cm³/mol. The van der Waals surface area contributed by atoms with Crippen LogP contribution in [0.15, 0.2) is 42.6 Å². The van der Waals surface area contributed by atoms with Gasteiger partial charge in [0.2, 0.25) is 0 Å². The molecule has 0 radical (unpaired) electrons. The normalized spacial score (nSPS) is 11.7. The third-order valence-electron chi connectivity index (χ3n) is 3.45. The molecule has 124 valence electrons. The minimum Gasteiger partial charge on any atom is -0.359 e. The van der Waals surface area contributed by atoms with E-state index in [1.807, 2.05) is 0 Å². The van der Waals surface area contributed by atoms with Gasteiger partial charge in [-0.15, -0.1) is 0 Å². The van der Waals surface area contributed by atoms with E-state index in [9.17, 15) is 26.7 Å². The van der Waals surface area contributed by atoms with Crippen LogP contribution < -0.4 is 5.32 Å². The zero-order chi connectivity index (χ0) is 17.5. The zero-order valence-corrected chi connectivity index (χ0v) is 11.8. The van der Waals surface area contributed by atoms with Crippen LogP contribution in [-0.2, 0) is 6.18 Å². The van der Waals surface area contributed by atoms with Crippen molar-refractivity contribution < 1.29 is 26.7 Å². The Labute approximate surface area is 132 Å². The van der Waals surface area contributed by atoms with Gasteiger partial charge in [0.1, 0.15) is 0 Å². The summed E-state index contributed by atoms with van der Waals surface area (Å²) in [5.74, 6) is -2.79. The Bertz CT molecular complexity index is 913. The number of carbonyl (C=O) groups excluding carboxylic acids is 1. The van der Waals surface area contributed by atoms with Crippen LogP contribution in [0.3, 0.4) is 0 Å². The molecular weight excluding hydrogens is 331 g/mol. The van der Waals surface area contributed by atoms with Crippen molar-refractivity contribution in [3.63, 3.8) is 0 Å². The van der Waals surface area contributed by atoms with Crippen LogP contribution in [0.5, 0.6) is 0 Å². The molecule has 0 aliphatic carbocycles. The molecule has 0 saturated carbocycles. The van der Waals surface area contributed by atoms with Crippen molar-refractivity contribution in [3.8, 4) is 0 Å². The summed E-state index contributed by atoms with van der Waals surface area (Å²) in [5, 5.41) is 2.69. The molecule has 0 aliphatic heterocycles. The van der Waals surface area contributed by atoms with Crippen LogP contribution >= 0.6 is 0 Å². The second kappa shape index (κ2) is 5.63. The van der Waals surface area contributed by atoms with E-state index in [0.717, 1.165) is 36.4 Å². The third kappa shape index (κ3) is 2.94. The highest BCUT2D eigenvalue weighted by Gasteiger charge is 2.30. The zero-order valence-electron chi connectivity index (χ0n) is 11.8. The molecule has 1 amide bonds. The van der Waals surface area contributed by atoms with Crippen LogP contribution in [0.25, 0.3) is 10.9 Å². The first-order valence-corrected chi connectivity index (χ1v) is 6.70. The Hall–Kier alpha value is -2.90. The number of amides is 1. The fourth-order valence-electron chi connectivity index (χ4n) is 2.23. The SMILES string of the molecule is O=C(Nc1c[nH]c2cc(F)c(F)cc12)c1ccc(C(F)(F)F)cc1. The maximum atomic E-state index is 13.3. The Kier molecular flexibility index (Phi) is 3.75. The van der Waals surface area contributed by atoms with Crippen molar-refractivity contribution in [2.24, 2.45) is 0 Å². The number of nitrogens with one attached hydrogen (secondary N) is 2. The number of halogens is 5. The van der Waals surface area contributed by atoms with Crippen molar-refractivity contribution in [2.45, 2.75) is 6.18 Å². The number of aromatic nitrogens is 1. The van der Waals surface area contributed by atoms with Gasteiger partial charge in [-0.3, -0.25) is 4.79 Å². The molecule has 24 heavy (non-hydrogen) atoms. The van der Waals surface area contributed by atoms with E-state index >= 15 is 0 Å². The third-order valence-corrected chi connectivity index (χ3v) is 3.45. The number of rotatable bonds is 2. The van der Waals surface area contributed by atoms with E-state index in [2.05, 4.69) is 10.3 Å². The van der Waals surface area contributed by atoms with E-state index in [-0.39, 0.29) is 22.2 Å². The number of anilines is 1. The minimum atomic E-state index is -4.49. The van der Waals surface area contributed by atoms with Crippen molar-refractivity contribution in [2.75, 3.05) is 5.32 Å². The number of alkyl halides is 3. The minimum absolute atomic E-state index is 0.0000615. The molecule has 0 spiro atoms. The van der Waals surface area contributed by atoms with Crippen molar-refractivity contribution >= 4 is 22.5 Å². The van der Waals surface area contributed by atoms with E-state index in [0.29, 0.717) is 0 Å². The average Bonchev–Trinajstić information content (AvgIpc) is 2.89. The molecule has 8 heteroatoms. The van der Waals surface area contributed by atoms with Crippen molar-refractivity contribution in [1.29, 1.82) is 0 Å². The molecule has 0 aliphatic rings. The van der Waals surface area contributed by atoms with Gasteiger partial charge < -0.3 is 10.3 Å². The van der Waals surface area contributed by atoms with Crippen LogP contribution in [-0.4, -0.2) is 10.9 Å². The Morgan fingerprint density at radius 3 is 2.25 bits per heavy atom. The molecule has 3 aromatic rings. The number of aromatic amines is 1. The number of hydrogen-bond acceptors (Lipinski definition) is 1. The largest absolute Gasteiger partial charge is 0.416 e. The fraction of sp³-hybridized carbons (Fsp3) is 0.0625. The quantitative estimate of drug-likeness (QED) is 0.652. The Morgan fingerprint density at radius 2 is 1.62 bits per heavy atom. The number of carbonyl (C=O) groups is 1. The van der Waals surface area contributed by atoms with Gasteiger partial charge in [0.25, 0.3) is 5.91 Å². The number of H-pyrrole nitrogens is 1. The molecule has 1 aromatic heterocycles. The lowest BCUT2D eigenvalue weighted by Crippen LogP contribution is -2.12. The smallest absolute Gasteiger partial charge is 0.359 e. The first kappa shape index (κ1) is 16.0. The highest BCUT2D eigenvalue weighted by molar-refractivity contribution is 6.09. The van der Waals surface area contributed by atoms with Gasteiger partial charge in [0.15, 0.2) is 11.6 Å². The second-order valence-electron chi connectivity index (χ2n) is 5.04. The second-order valence-corrected chi connectivity index (χ2v) is 5.04. The monoisotopic (exact) mass is 340 g/mol. The molecule has 0 bridgehead atoms. The fourth-order valence-corrected chi connectivity index (χ4v) is 2.23. The van der Waals surface area contributed by atoms with Crippen LogP contribution in [0.4, 0.5) is 27.6 Å². The molecule has 0 atom stereocenters. The molecule has 0 saturated heterocycles. The summed E-state index contributed by atoms with van der Waals surface area (Å²) in [6.07, 6.45) is -3.15. The summed E-state index contributed by atoms with van der Waals surface area (Å²) in [7, 11) is 0. The first-order chi connectivity index (χ1) is 11.3. The molecule has 2 aromatic carbocycles. The molecule has 0 fully saturated rings. The summed E-state index contributed by atoms with van der Waals surface area (Å²) >= 11 is 0. The first-order valence-electron chi connectivity index (χ1n) is 6.70. The molecule has 3 rings (SSSR count). The number of fused-ring (bicyclic) bond motifs is 1. The van der Waals surface area contributed by atoms with Gasteiger partial charge in [-0.05, 0) is 30.3 Å². The highest BCUT2D eigenvalue weighted by atomic mass is 19.4. The van der Waals surface area contributed by atoms with Crippen molar-refractivity contribution in [3.05, 3.63) is 65.4 Å². The van der Waals surface area contributed by atoms with E-state index in [1.165, 1.54) is 6.20 Å². The maximum absolute atomic E-state index is 13.3. The van der Waals surface area contributed by atoms with E-state index in [1.54, 1.807) is 0 Å². The lowest BCUT2D eigenvalue weighted by atomic mass is 10.1. The number of benzene rings is 2. The van der Waals surface area contributed by atoms with Crippen LogP contribution in [0.1, 0.15) is 15.9 Å². The topological polar surface area (TPSA) is 44.9 Å². The molecule has 1 heterocycles. The molecular formula is C16H9F5N2O.